The highest BCUT2D eigenvalue weighted by molar-refractivity contribution is 6.03. The maximum absolute atomic E-state index is 11.6. The molecule has 84 valence electrons. The summed E-state index contributed by atoms with van der Waals surface area (Å²) in [5.74, 6) is 0.430. The van der Waals surface area contributed by atoms with Gasteiger partial charge in [-0.15, -0.1) is 0 Å². The van der Waals surface area contributed by atoms with E-state index in [0.717, 1.165) is 12.8 Å². The van der Waals surface area contributed by atoms with Crippen molar-refractivity contribution in [3.8, 4) is 0 Å². The van der Waals surface area contributed by atoms with Gasteiger partial charge in [0.1, 0.15) is 5.84 Å². The number of hydrogen-bond acceptors (Lipinski definition) is 4. The number of amides is 1. The van der Waals surface area contributed by atoms with Crippen LogP contribution < -0.4 is 5.73 Å². The SMILES string of the molecule is CC1(C)C[C@H](N2N=C(N)CC2=O)CCO1. The lowest BCUT2D eigenvalue weighted by Gasteiger charge is -2.37. The molecule has 0 unspecified atom stereocenters. The normalized spacial score (nSPS) is 30.5. The molecule has 5 nitrogen and oxygen atoms in total. The van der Waals surface area contributed by atoms with Crippen LogP contribution in [0.5, 0.6) is 0 Å². The summed E-state index contributed by atoms with van der Waals surface area (Å²) in [7, 11) is 0. The van der Waals surface area contributed by atoms with Gasteiger partial charge in [-0.25, -0.2) is 5.01 Å². The Bertz CT molecular complexity index is 312. The summed E-state index contributed by atoms with van der Waals surface area (Å²) in [6, 6.07) is 0.141. The Labute approximate surface area is 89.3 Å². The number of rotatable bonds is 1. The van der Waals surface area contributed by atoms with E-state index in [0.29, 0.717) is 12.4 Å². The molecular formula is C10H17N3O2. The van der Waals surface area contributed by atoms with Crippen molar-refractivity contribution >= 4 is 11.7 Å². The molecule has 5 heteroatoms. The van der Waals surface area contributed by atoms with Crippen LogP contribution in [0, 0.1) is 0 Å². The number of hydrazone groups is 1. The van der Waals surface area contributed by atoms with Crippen molar-refractivity contribution < 1.29 is 9.53 Å². The molecule has 2 rings (SSSR count). The minimum absolute atomic E-state index is 0.00944. The van der Waals surface area contributed by atoms with Crippen molar-refractivity contribution in [2.45, 2.75) is 44.8 Å². The van der Waals surface area contributed by atoms with Crippen LogP contribution in [-0.4, -0.2) is 35.0 Å². The third kappa shape index (κ3) is 2.12. The first-order valence-electron chi connectivity index (χ1n) is 5.27. The van der Waals surface area contributed by atoms with Gasteiger partial charge in [0, 0.05) is 6.61 Å². The van der Waals surface area contributed by atoms with Gasteiger partial charge >= 0.3 is 0 Å². The second-order valence-corrected chi connectivity index (χ2v) is 4.76. The van der Waals surface area contributed by atoms with Gasteiger partial charge in [-0.1, -0.05) is 0 Å². The third-order valence-electron chi connectivity index (χ3n) is 2.84. The lowest BCUT2D eigenvalue weighted by molar-refractivity contribution is -0.137. The molecule has 2 aliphatic heterocycles. The van der Waals surface area contributed by atoms with Crippen molar-refractivity contribution in [1.29, 1.82) is 0 Å². The molecule has 0 radical (unpaired) electrons. The fraction of sp³-hybridized carbons (Fsp3) is 0.800. The van der Waals surface area contributed by atoms with Crippen LogP contribution in [0.3, 0.4) is 0 Å². The molecule has 0 saturated carbocycles. The Balaban J connectivity index is 2.08. The molecule has 0 spiro atoms. The standard InChI is InChI=1S/C10H17N3O2/c1-10(2)6-7(3-4-15-10)13-9(14)5-8(11)12-13/h7H,3-6H2,1-2H3,(H2,11,12)/t7-/m1/s1. The van der Waals surface area contributed by atoms with E-state index in [1.165, 1.54) is 0 Å². The van der Waals surface area contributed by atoms with Gasteiger partial charge in [0.2, 0.25) is 0 Å². The van der Waals surface area contributed by atoms with Gasteiger partial charge in [0.05, 0.1) is 18.1 Å². The topological polar surface area (TPSA) is 67.9 Å². The highest BCUT2D eigenvalue weighted by Gasteiger charge is 2.36. The van der Waals surface area contributed by atoms with Crippen LogP contribution in [0.4, 0.5) is 0 Å². The van der Waals surface area contributed by atoms with Gasteiger partial charge in [-0.3, -0.25) is 4.79 Å². The summed E-state index contributed by atoms with van der Waals surface area (Å²) in [6.45, 7) is 4.75. The number of amidine groups is 1. The first-order chi connectivity index (χ1) is 6.98. The molecule has 0 aromatic carbocycles. The summed E-state index contributed by atoms with van der Waals surface area (Å²) >= 11 is 0. The zero-order valence-electron chi connectivity index (χ0n) is 9.19. The Kier molecular flexibility index (Phi) is 2.42. The number of nitrogens with zero attached hydrogens (tertiary/aromatic N) is 2. The van der Waals surface area contributed by atoms with Gasteiger partial charge < -0.3 is 10.5 Å². The first kappa shape index (κ1) is 10.4. The van der Waals surface area contributed by atoms with Gasteiger partial charge in [0.15, 0.2) is 0 Å². The van der Waals surface area contributed by atoms with E-state index in [4.69, 9.17) is 10.5 Å². The summed E-state index contributed by atoms with van der Waals surface area (Å²) < 4.78 is 5.60. The van der Waals surface area contributed by atoms with Gasteiger partial charge in [-0.05, 0) is 26.7 Å². The van der Waals surface area contributed by atoms with E-state index in [1.807, 2.05) is 13.8 Å². The molecule has 0 aliphatic carbocycles. The van der Waals surface area contributed by atoms with Crippen LogP contribution in [0.2, 0.25) is 0 Å². The number of carbonyl (C=O) groups is 1. The van der Waals surface area contributed by atoms with E-state index in [2.05, 4.69) is 5.10 Å². The maximum Gasteiger partial charge on any atom is 0.250 e. The Morgan fingerprint density at radius 3 is 2.87 bits per heavy atom. The Morgan fingerprint density at radius 2 is 2.33 bits per heavy atom. The van der Waals surface area contributed by atoms with Crippen LogP contribution in [-0.2, 0) is 9.53 Å². The highest BCUT2D eigenvalue weighted by atomic mass is 16.5. The van der Waals surface area contributed by atoms with E-state index in [-0.39, 0.29) is 24.0 Å². The molecular weight excluding hydrogens is 194 g/mol. The quantitative estimate of drug-likeness (QED) is 0.684. The fourth-order valence-corrected chi connectivity index (χ4v) is 2.16. The van der Waals surface area contributed by atoms with Gasteiger partial charge in [0.25, 0.3) is 5.91 Å². The number of nitrogens with two attached hydrogens (primary N) is 1. The molecule has 1 saturated heterocycles. The molecule has 1 atom stereocenters. The van der Waals surface area contributed by atoms with Crippen LogP contribution >= 0.6 is 0 Å². The minimum atomic E-state index is -0.171. The van der Waals surface area contributed by atoms with E-state index < -0.39 is 0 Å². The lowest BCUT2D eigenvalue weighted by atomic mass is 9.93. The largest absolute Gasteiger partial charge is 0.385 e. The Hall–Kier alpha value is -1.10. The molecule has 2 aliphatic rings. The van der Waals surface area contributed by atoms with Crippen molar-refractivity contribution in [2.75, 3.05) is 6.61 Å². The zero-order chi connectivity index (χ0) is 11.1. The second-order valence-electron chi connectivity index (χ2n) is 4.76. The summed E-state index contributed by atoms with van der Waals surface area (Å²) in [5.41, 5.74) is 5.38. The smallest absolute Gasteiger partial charge is 0.250 e. The van der Waals surface area contributed by atoms with Gasteiger partial charge in [-0.2, -0.15) is 5.10 Å². The second kappa shape index (κ2) is 3.48. The molecule has 0 aromatic heterocycles. The van der Waals surface area contributed by atoms with Crippen molar-refractivity contribution in [3.05, 3.63) is 0 Å². The molecule has 0 aromatic rings. The third-order valence-corrected chi connectivity index (χ3v) is 2.84. The van der Waals surface area contributed by atoms with E-state index >= 15 is 0 Å². The zero-order valence-corrected chi connectivity index (χ0v) is 9.19. The minimum Gasteiger partial charge on any atom is -0.385 e. The summed E-state index contributed by atoms with van der Waals surface area (Å²) in [5, 5.41) is 5.62. The van der Waals surface area contributed by atoms with E-state index in [9.17, 15) is 4.79 Å². The van der Waals surface area contributed by atoms with Crippen LogP contribution in [0.15, 0.2) is 5.10 Å². The van der Waals surface area contributed by atoms with Crippen LogP contribution in [0.1, 0.15) is 33.1 Å². The average Bonchev–Trinajstić information content (AvgIpc) is 2.43. The highest BCUT2D eigenvalue weighted by Crippen LogP contribution is 2.29. The molecule has 2 N–H and O–H groups in total. The van der Waals surface area contributed by atoms with Crippen molar-refractivity contribution in [2.24, 2.45) is 10.8 Å². The molecule has 1 amide bonds. The Morgan fingerprint density at radius 1 is 1.60 bits per heavy atom. The lowest BCUT2D eigenvalue weighted by Crippen LogP contribution is -2.44. The monoisotopic (exact) mass is 211 g/mol. The summed E-state index contributed by atoms with van der Waals surface area (Å²) in [4.78, 5) is 11.6. The first-order valence-corrected chi connectivity index (χ1v) is 5.27. The molecule has 15 heavy (non-hydrogen) atoms. The summed E-state index contributed by atoms with van der Waals surface area (Å²) in [6.07, 6.45) is 1.92. The maximum atomic E-state index is 11.6. The predicted molar refractivity (Wildman–Crippen MR) is 56.1 cm³/mol. The molecule has 1 fully saturated rings. The van der Waals surface area contributed by atoms with Crippen molar-refractivity contribution in [3.63, 3.8) is 0 Å². The fourth-order valence-electron chi connectivity index (χ4n) is 2.16. The molecule has 2 heterocycles. The number of hydrogen-bond donors (Lipinski definition) is 1. The average molecular weight is 211 g/mol. The van der Waals surface area contributed by atoms with E-state index in [1.54, 1.807) is 5.01 Å². The van der Waals surface area contributed by atoms with Crippen LogP contribution in [0.25, 0.3) is 0 Å². The van der Waals surface area contributed by atoms with Crippen molar-refractivity contribution in [1.82, 2.24) is 5.01 Å². The molecule has 0 bridgehead atoms. The predicted octanol–water partition coefficient (Wildman–Crippen LogP) is 0.448. The number of carbonyl (C=O) groups excluding carboxylic acids is 1. The number of ether oxygens (including phenoxy) is 1.